The third-order valence-electron chi connectivity index (χ3n) is 4.50. The van der Waals surface area contributed by atoms with Crippen molar-refractivity contribution in [3.63, 3.8) is 0 Å². The maximum atomic E-state index is 12.4. The largest absolute Gasteiger partial charge is 0.326 e. The molecule has 0 aliphatic carbocycles. The van der Waals surface area contributed by atoms with E-state index in [0.29, 0.717) is 12.3 Å². The molecular weight excluding hydrogens is 370 g/mol. The van der Waals surface area contributed by atoms with Crippen LogP contribution in [-0.2, 0) is 9.59 Å². The molecule has 0 saturated heterocycles. The number of amides is 2. The number of hydrogen-bond donors (Lipinski definition) is 1. The lowest BCUT2D eigenvalue weighted by molar-refractivity contribution is -0.117. The highest BCUT2D eigenvalue weighted by Crippen LogP contribution is 2.34. The second-order valence-electron chi connectivity index (χ2n) is 6.39. The number of anilines is 2. The molecule has 3 aromatic rings. The van der Waals surface area contributed by atoms with E-state index in [1.54, 1.807) is 22.9 Å². The van der Waals surface area contributed by atoms with Crippen molar-refractivity contribution < 1.29 is 9.59 Å². The monoisotopic (exact) mass is 389 g/mol. The van der Waals surface area contributed by atoms with Gasteiger partial charge in [0.05, 0.1) is 17.1 Å². The van der Waals surface area contributed by atoms with E-state index in [1.807, 2.05) is 66.7 Å². The summed E-state index contributed by atoms with van der Waals surface area (Å²) >= 11 is 1.54. The molecule has 0 atom stereocenters. The van der Waals surface area contributed by atoms with Gasteiger partial charge in [0, 0.05) is 35.3 Å². The lowest BCUT2D eigenvalue weighted by Gasteiger charge is -2.28. The standard InChI is InChI=1S/C22H19N3O2S/c26-21(12-14-25-19-6-1-2-7-20(19)28-15-22(25)27)24-17-10-8-16(9-11-17)18-5-3-4-13-23-18/h1-11,13H,12,14-15H2,(H,24,26). The van der Waals surface area contributed by atoms with Gasteiger partial charge in [-0.05, 0) is 36.4 Å². The first-order valence-corrected chi connectivity index (χ1v) is 10.0. The van der Waals surface area contributed by atoms with Crippen LogP contribution in [0.4, 0.5) is 11.4 Å². The average Bonchev–Trinajstić information content (AvgIpc) is 2.74. The predicted molar refractivity (Wildman–Crippen MR) is 112 cm³/mol. The first-order chi connectivity index (χ1) is 13.7. The van der Waals surface area contributed by atoms with Crippen LogP contribution in [0.3, 0.4) is 0 Å². The smallest absolute Gasteiger partial charge is 0.237 e. The van der Waals surface area contributed by atoms with Gasteiger partial charge < -0.3 is 10.2 Å². The van der Waals surface area contributed by atoms with E-state index in [2.05, 4.69) is 10.3 Å². The van der Waals surface area contributed by atoms with Gasteiger partial charge in [0.1, 0.15) is 0 Å². The number of aromatic nitrogens is 1. The Kier molecular flexibility index (Phi) is 5.39. The number of rotatable bonds is 5. The Morgan fingerprint density at radius 1 is 1.04 bits per heavy atom. The number of nitrogens with one attached hydrogen (secondary N) is 1. The summed E-state index contributed by atoms with van der Waals surface area (Å²) in [5, 5.41) is 2.90. The Bertz CT molecular complexity index is 990. The van der Waals surface area contributed by atoms with Crippen LogP contribution >= 0.6 is 11.8 Å². The zero-order chi connectivity index (χ0) is 19.3. The van der Waals surface area contributed by atoms with E-state index in [4.69, 9.17) is 0 Å². The third kappa shape index (κ3) is 4.07. The summed E-state index contributed by atoms with van der Waals surface area (Å²) in [5.41, 5.74) is 3.49. The van der Waals surface area contributed by atoms with Crippen molar-refractivity contribution >= 4 is 35.0 Å². The second-order valence-corrected chi connectivity index (χ2v) is 7.41. The van der Waals surface area contributed by atoms with Gasteiger partial charge in [-0.1, -0.05) is 30.3 Å². The molecule has 0 spiro atoms. The fourth-order valence-corrected chi connectivity index (χ4v) is 4.03. The highest BCUT2D eigenvalue weighted by Gasteiger charge is 2.24. The minimum Gasteiger partial charge on any atom is -0.326 e. The Labute approximate surface area is 167 Å². The van der Waals surface area contributed by atoms with Crippen LogP contribution in [0.25, 0.3) is 11.3 Å². The number of carbonyl (C=O) groups is 2. The summed E-state index contributed by atoms with van der Waals surface area (Å²) in [6, 6.07) is 21.1. The van der Waals surface area contributed by atoms with Crippen LogP contribution in [0.15, 0.2) is 77.8 Å². The summed E-state index contributed by atoms with van der Waals surface area (Å²) in [6.07, 6.45) is 2.00. The number of carbonyl (C=O) groups excluding carboxylic acids is 2. The van der Waals surface area contributed by atoms with Gasteiger partial charge in [-0.15, -0.1) is 11.8 Å². The normalized spacial score (nSPS) is 13.1. The van der Waals surface area contributed by atoms with Crippen molar-refractivity contribution in [2.45, 2.75) is 11.3 Å². The maximum Gasteiger partial charge on any atom is 0.237 e. The SMILES string of the molecule is O=C(CCN1C(=O)CSc2ccccc21)Nc1ccc(-c2ccccn2)cc1. The summed E-state index contributed by atoms with van der Waals surface area (Å²) in [7, 11) is 0. The summed E-state index contributed by atoms with van der Waals surface area (Å²) in [5.74, 6) is 0.332. The molecule has 1 N–H and O–H groups in total. The number of fused-ring (bicyclic) bond motifs is 1. The number of nitrogens with zero attached hydrogens (tertiary/aromatic N) is 2. The molecule has 2 heterocycles. The molecule has 2 amide bonds. The third-order valence-corrected chi connectivity index (χ3v) is 5.55. The van der Waals surface area contributed by atoms with Crippen LogP contribution in [-0.4, -0.2) is 29.1 Å². The molecule has 0 fully saturated rings. The highest BCUT2D eigenvalue weighted by molar-refractivity contribution is 8.00. The highest BCUT2D eigenvalue weighted by atomic mass is 32.2. The molecule has 140 valence electrons. The number of hydrogen-bond acceptors (Lipinski definition) is 4. The molecule has 1 aliphatic heterocycles. The van der Waals surface area contributed by atoms with Crippen LogP contribution in [0.1, 0.15) is 6.42 Å². The molecule has 1 aliphatic rings. The van der Waals surface area contributed by atoms with Gasteiger partial charge in [-0.2, -0.15) is 0 Å². The molecule has 4 rings (SSSR count). The first kappa shape index (κ1) is 18.3. The van der Waals surface area contributed by atoms with Gasteiger partial charge in [-0.3, -0.25) is 14.6 Å². The molecule has 28 heavy (non-hydrogen) atoms. The van der Waals surface area contributed by atoms with Gasteiger partial charge in [0.25, 0.3) is 0 Å². The van der Waals surface area contributed by atoms with Crippen molar-refractivity contribution in [1.82, 2.24) is 4.98 Å². The van der Waals surface area contributed by atoms with Crippen LogP contribution in [0.5, 0.6) is 0 Å². The Morgan fingerprint density at radius 3 is 2.61 bits per heavy atom. The van der Waals surface area contributed by atoms with E-state index in [0.717, 1.165) is 27.5 Å². The van der Waals surface area contributed by atoms with Crippen molar-refractivity contribution in [3.8, 4) is 11.3 Å². The molecule has 0 unspecified atom stereocenters. The van der Waals surface area contributed by atoms with E-state index in [-0.39, 0.29) is 18.2 Å². The van der Waals surface area contributed by atoms with E-state index in [1.165, 1.54) is 0 Å². The summed E-state index contributed by atoms with van der Waals surface area (Å²) in [4.78, 5) is 31.7. The Balaban J connectivity index is 1.37. The quantitative estimate of drug-likeness (QED) is 0.710. The fraction of sp³-hybridized carbons (Fsp3) is 0.136. The lowest BCUT2D eigenvalue weighted by Crippen LogP contribution is -2.37. The maximum absolute atomic E-state index is 12.4. The first-order valence-electron chi connectivity index (χ1n) is 9.04. The fourth-order valence-electron chi connectivity index (χ4n) is 3.09. The number of thioether (sulfide) groups is 1. The minimum absolute atomic E-state index is 0.0382. The zero-order valence-electron chi connectivity index (χ0n) is 15.2. The van der Waals surface area contributed by atoms with Gasteiger partial charge in [0.15, 0.2) is 0 Å². The molecule has 2 aromatic carbocycles. The van der Waals surface area contributed by atoms with Gasteiger partial charge in [0.2, 0.25) is 11.8 Å². The minimum atomic E-state index is -0.117. The topological polar surface area (TPSA) is 62.3 Å². The molecule has 6 heteroatoms. The van der Waals surface area contributed by atoms with Crippen molar-refractivity contribution in [3.05, 3.63) is 72.9 Å². The zero-order valence-corrected chi connectivity index (χ0v) is 16.0. The van der Waals surface area contributed by atoms with Gasteiger partial charge in [-0.25, -0.2) is 0 Å². The second kappa shape index (κ2) is 8.27. The number of pyridine rings is 1. The summed E-state index contributed by atoms with van der Waals surface area (Å²) in [6.45, 7) is 0.369. The van der Waals surface area contributed by atoms with E-state index in [9.17, 15) is 9.59 Å². The summed E-state index contributed by atoms with van der Waals surface area (Å²) < 4.78 is 0. The molecule has 0 saturated carbocycles. The van der Waals surface area contributed by atoms with Crippen molar-refractivity contribution in [1.29, 1.82) is 0 Å². The van der Waals surface area contributed by atoms with E-state index >= 15 is 0 Å². The number of para-hydroxylation sites is 1. The van der Waals surface area contributed by atoms with Gasteiger partial charge >= 0.3 is 0 Å². The van der Waals surface area contributed by atoms with Crippen LogP contribution < -0.4 is 10.2 Å². The Morgan fingerprint density at radius 2 is 1.82 bits per heavy atom. The number of benzene rings is 2. The van der Waals surface area contributed by atoms with Crippen LogP contribution in [0, 0.1) is 0 Å². The molecule has 5 nitrogen and oxygen atoms in total. The van der Waals surface area contributed by atoms with E-state index < -0.39 is 0 Å². The molecule has 1 aromatic heterocycles. The lowest BCUT2D eigenvalue weighted by atomic mass is 10.1. The molecular formula is C22H19N3O2S. The Hall–Kier alpha value is -3.12. The average molecular weight is 389 g/mol. The predicted octanol–water partition coefficient (Wildman–Crippen LogP) is 4.22. The molecule has 0 radical (unpaired) electrons. The van der Waals surface area contributed by atoms with Crippen molar-refractivity contribution in [2.75, 3.05) is 22.5 Å². The molecule has 0 bridgehead atoms. The van der Waals surface area contributed by atoms with Crippen molar-refractivity contribution in [2.24, 2.45) is 0 Å². The van der Waals surface area contributed by atoms with Crippen LogP contribution in [0.2, 0.25) is 0 Å².